The lowest BCUT2D eigenvalue weighted by atomic mass is 10.2. The minimum Gasteiger partial charge on any atom is -0.416 e. The van der Waals surface area contributed by atoms with Gasteiger partial charge in [-0.15, -0.1) is 10.2 Å². The highest BCUT2D eigenvalue weighted by Crippen LogP contribution is 2.22. The number of hydrogen-bond donors (Lipinski definition) is 1. The summed E-state index contributed by atoms with van der Waals surface area (Å²) in [5, 5.41) is 11.2. The summed E-state index contributed by atoms with van der Waals surface area (Å²) in [6.45, 7) is 8.18. The normalized spacial score (nSPS) is 15.5. The average Bonchev–Trinajstić information content (AvgIpc) is 3.11. The van der Waals surface area contributed by atoms with E-state index in [1.54, 1.807) is 0 Å². The van der Waals surface area contributed by atoms with Crippen molar-refractivity contribution in [3.63, 3.8) is 0 Å². The summed E-state index contributed by atoms with van der Waals surface area (Å²) in [6, 6.07) is 8.00. The molecule has 1 aromatic carbocycles. The van der Waals surface area contributed by atoms with Gasteiger partial charge in [-0.1, -0.05) is 25.6 Å². The zero-order chi connectivity index (χ0) is 18.5. The van der Waals surface area contributed by atoms with Crippen molar-refractivity contribution in [3.8, 4) is 0 Å². The number of likely N-dealkylation sites (N-methyl/N-ethyl adjacent to an activating group) is 1. The number of amides is 1. The van der Waals surface area contributed by atoms with E-state index in [4.69, 9.17) is 4.42 Å². The van der Waals surface area contributed by atoms with Crippen molar-refractivity contribution in [1.29, 1.82) is 0 Å². The molecule has 1 fully saturated rings. The number of carbonyl (C=O) groups excluding carboxylic acids is 1. The Labute approximate surface area is 158 Å². The Morgan fingerprint density at radius 1 is 1.19 bits per heavy atom. The number of hydrogen-bond acceptors (Lipinski definition) is 7. The topological polar surface area (TPSA) is 74.5 Å². The Bertz CT molecular complexity index is 723. The molecule has 7 nitrogen and oxygen atoms in total. The van der Waals surface area contributed by atoms with Gasteiger partial charge < -0.3 is 19.5 Å². The van der Waals surface area contributed by atoms with Crippen LogP contribution in [0.15, 0.2) is 33.9 Å². The predicted molar refractivity (Wildman–Crippen MR) is 104 cm³/mol. The molecule has 2 heterocycles. The molecule has 140 valence electrons. The number of nitrogens with one attached hydrogen (secondary N) is 1. The highest BCUT2D eigenvalue weighted by molar-refractivity contribution is 7.99. The summed E-state index contributed by atoms with van der Waals surface area (Å²) in [4.78, 5) is 16.8. The van der Waals surface area contributed by atoms with Crippen molar-refractivity contribution < 1.29 is 9.21 Å². The van der Waals surface area contributed by atoms with Gasteiger partial charge in [-0.25, -0.2) is 0 Å². The highest BCUT2D eigenvalue weighted by atomic mass is 32.2. The molecule has 1 amide bonds. The van der Waals surface area contributed by atoms with E-state index in [1.807, 2.05) is 26.0 Å². The van der Waals surface area contributed by atoms with E-state index in [9.17, 15) is 4.79 Å². The maximum absolute atomic E-state index is 12.1. The van der Waals surface area contributed by atoms with Gasteiger partial charge in [0.15, 0.2) is 0 Å². The van der Waals surface area contributed by atoms with E-state index in [2.05, 4.69) is 44.5 Å². The molecule has 0 saturated carbocycles. The highest BCUT2D eigenvalue weighted by Gasteiger charge is 2.15. The quantitative estimate of drug-likeness (QED) is 0.778. The van der Waals surface area contributed by atoms with E-state index in [0.29, 0.717) is 11.1 Å². The van der Waals surface area contributed by atoms with Gasteiger partial charge in [0.25, 0.3) is 5.22 Å². The number of rotatable bonds is 6. The van der Waals surface area contributed by atoms with Crippen molar-refractivity contribution in [2.24, 2.45) is 0 Å². The third-order valence-electron chi connectivity index (χ3n) is 4.26. The van der Waals surface area contributed by atoms with Crippen molar-refractivity contribution in [1.82, 2.24) is 15.1 Å². The molecule has 1 N–H and O–H groups in total. The number of benzene rings is 1. The largest absolute Gasteiger partial charge is 0.416 e. The van der Waals surface area contributed by atoms with Gasteiger partial charge in [0.1, 0.15) is 0 Å². The van der Waals surface area contributed by atoms with Crippen LogP contribution in [0.1, 0.15) is 25.7 Å². The molecule has 0 radical (unpaired) electrons. The number of nitrogens with zero attached hydrogens (tertiary/aromatic N) is 4. The molecule has 8 heteroatoms. The average molecular weight is 375 g/mol. The monoisotopic (exact) mass is 375 g/mol. The Morgan fingerprint density at radius 3 is 2.50 bits per heavy atom. The van der Waals surface area contributed by atoms with Crippen molar-refractivity contribution in [2.45, 2.75) is 25.0 Å². The van der Waals surface area contributed by atoms with Crippen LogP contribution in [0.25, 0.3) is 0 Å². The summed E-state index contributed by atoms with van der Waals surface area (Å²) >= 11 is 1.25. The first kappa shape index (κ1) is 18.7. The smallest absolute Gasteiger partial charge is 0.277 e. The Balaban J connectivity index is 1.48. The lowest BCUT2D eigenvalue weighted by molar-refractivity contribution is -0.113. The van der Waals surface area contributed by atoms with Crippen LogP contribution in [-0.4, -0.2) is 60.0 Å². The second kappa shape index (κ2) is 8.55. The lowest BCUT2D eigenvalue weighted by Gasteiger charge is -2.34. The fraction of sp³-hybridized carbons (Fsp3) is 0.500. The molecule has 2 aromatic rings. The van der Waals surface area contributed by atoms with Gasteiger partial charge in [-0.3, -0.25) is 4.79 Å². The van der Waals surface area contributed by atoms with E-state index < -0.39 is 0 Å². The molecule has 1 aromatic heterocycles. The Hall–Kier alpha value is -2.06. The van der Waals surface area contributed by atoms with Crippen molar-refractivity contribution in [3.05, 3.63) is 30.2 Å². The van der Waals surface area contributed by atoms with Gasteiger partial charge in [0, 0.05) is 43.5 Å². The van der Waals surface area contributed by atoms with Crippen LogP contribution in [0.4, 0.5) is 11.4 Å². The zero-order valence-electron chi connectivity index (χ0n) is 15.4. The third-order valence-corrected chi connectivity index (χ3v) is 5.08. The standard InChI is InChI=1S/C18H25N5O2S/c1-13(2)17-20-21-18(25-17)26-12-16(24)19-14-4-6-15(7-5-14)23-10-8-22(3)9-11-23/h4-7,13H,8-12H2,1-3H3,(H,19,24). The molecule has 0 atom stereocenters. The first-order valence-corrected chi connectivity index (χ1v) is 9.79. The summed E-state index contributed by atoms with van der Waals surface area (Å²) in [7, 11) is 2.14. The lowest BCUT2D eigenvalue weighted by Crippen LogP contribution is -2.44. The van der Waals surface area contributed by atoms with Crippen molar-refractivity contribution in [2.75, 3.05) is 49.2 Å². The summed E-state index contributed by atoms with van der Waals surface area (Å²) in [5.74, 6) is 0.920. The van der Waals surface area contributed by atoms with Crippen LogP contribution in [0.3, 0.4) is 0 Å². The van der Waals surface area contributed by atoms with Crippen LogP contribution in [0, 0.1) is 0 Å². The first-order chi connectivity index (χ1) is 12.5. The minimum atomic E-state index is -0.0911. The van der Waals surface area contributed by atoms with Gasteiger partial charge in [-0.05, 0) is 31.3 Å². The zero-order valence-corrected chi connectivity index (χ0v) is 16.3. The van der Waals surface area contributed by atoms with Crippen molar-refractivity contribution >= 4 is 29.0 Å². The minimum absolute atomic E-state index is 0.0911. The van der Waals surface area contributed by atoms with Crippen LogP contribution >= 0.6 is 11.8 Å². The van der Waals surface area contributed by atoms with Crippen LogP contribution in [-0.2, 0) is 4.79 Å². The molecule has 0 aliphatic carbocycles. The number of piperazine rings is 1. The maximum atomic E-state index is 12.1. The van der Waals surface area contributed by atoms with E-state index >= 15 is 0 Å². The number of aromatic nitrogens is 2. The number of thioether (sulfide) groups is 1. The SMILES string of the molecule is CC(C)c1nnc(SCC(=O)Nc2ccc(N3CCN(C)CC3)cc2)o1. The van der Waals surface area contributed by atoms with E-state index in [1.165, 1.54) is 17.4 Å². The van der Waals surface area contributed by atoms with Gasteiger partial charge >= 0.3 is 0 Å². The fourth-order valence-electron chi connectivity index (χ4n) is 2.66. The molecular formula is C18H25N5O2S. The van der Waals surface area contributed by atoms with Crippen LogP contribution < -0.4 is 10.2 Å². The van der Waals surface area contributed by atoms with Gasteiger partial charge in [0.05, 0.1) is 5.75 Å². The molecule has 1 aliphatic heterocycles. The molecule has 0 spiro atoms. The Morgan fingerprint density at radius 2 is 1.88 bits per heavy atom. The second-order valence-corrected chi connectivity index (χ2v) is 7.66. The first-order valence-electron chi connectivity index (χ1n) is 8.81. The fourth-order valence-corrected chi connectivity index (χ4v) is 3.23. The van der Waals surface area contributed by atoms with Gasteiger partial charge in [-0.2, -0.15) is 0 Å². The molecule has 26 heavy (non-hydrogen) atoms. The Kier molecular flexibility index (Phi) is 6.16. The maximum Gasteiger partial charge on any atom is 0.277 e. The molecule has 0 unspecified atom stereocenters. The molecular weight excluding hydrogens is 350 g/mol. The number of carbonyl (C=O) groups is 1. The molecule has 0 bridgehead atoms. The van der Waals surface area contributed by atoms with E-state index in [0.717, 1.165) is 31.9 Å². The van der Waals surface area contributed by atoms with Gasteiger partial charge in [0.2, 0.25) is 11.8 Å². The summed E-state index contributed by atoms with van der Waals surface area (Å²) in [6.07, 6.45) is 0. The third kappa shape index (κ3) is 4.98. The molecule has 1 aliphatic rings. The summed E-state index contributed by atoms with van der Waals surface area (Å²) < 4.78 is 5.49. The predicted octanol–water partition coefficient (Wildman–Crippen LogP) is 2.68. The van der Waals surface area contributed by atoms with Crippen LogP contribution in [0.2, 0.25) is 0 Å². The second-order valence-electron chi connectivity index (χ2n) is 6.73. The number of anilines is 2. The molecule has 1 saturated heterocycles. The summed E-state index contributed by atoms with van der Waals surface area (Å²) in [5.41, 5.74) is 1.99. The van der Waals surface area contributed by atoms with Crippen LogP contribution in [0.5, 0.6) is 0 Å². The van der Waals surface area contributed by atoms with E-state index in [-0.39, 0.29) is 17.6 Å². The molecule has 3 rings (SSSR count).